The molecule has 1 fully saturated rings. The third-order valence-corrected chi connectivity index (χ3v) is 3.76. The highest BCUT2D eigenvalue weighted by Crippen LogP contribution is 2.14. The third-order valence-electron chi connectivity index (χ3n) is 3.40. The number of hydrogen-bond acceptors (Lipinski definition) is 7. The second-order valence-corrected chi connectivity index (χ2v) is 5.13. The van der Waals surface area contributed by atoms with Gasteiger partial charge in [-0.1, -0.05) is 5.21 Å². The Labute approximate surface area is 130 Å². The number of carbonyl (C=O) groups excluding carboxylic acids is 2. The van der Waals surface area contributed by atoms with Gasteiger partial charge in [-0.05, 0) is 32.0 Å². The number of fused-ring (bicyclic) bond motifs is 1. The van der Waals surface area contributed by atoms with Crippen LogP contribution in [0.3, 0.4) is 0 Å². The number of rotatable bonds is 2. The van der Waals surface area contributed by atoms with E-state index in [1.807, 2.05) is 0 Å². The van der Waals surface area contributed by atoms with Gasteiger partial charge in [-0.25, -0.2) is 9.78 Å². The number of likely N-dealkylation sites (tertiary alicyclic amines) is 1. The lowest BCUT2D eigenvalue weighted by Crippen LogP contribution is -2.28. The molecule has 1 aliphatic heterocycles. The number of ether oxygens (including phenoxy) is 1. The number of hydrogen-bond donors (Lipinski definition) is 0. The van der Waals surface area contributed by atoms with Crippen molar-refractivity contribution in [3.8, 4) is 0 Å². The zero-order valence-electron chi connectivity index (χ0n) is 11.9. The van der Waals surface area contributed by atoms with Crippen molar-refractivity contribution in [1.29, 1.82) is 0 Å². The number of amides is 1. The first-order valence-corrected chi connectivity index (χ1v) is 7.33. The molecule has 1 amide bonds. The fourth-order valence-corrected chi connectivity index (χ4v) is 2.57. The summed E-state index contributed by atoms with van der Waals surface area (Å²) in [5, 5.41) is 7.62. The van der Waals surface area contributed by atoms with Gasteiger partial charge >= 0.3 is 6.09 Å². The highest BCUT2D eigenvalue weighted by molar-refractivity contribution is 7.71. The van der Waals surface area contributed by atoms with E-state index in [0.29, 0.717) is 13.1 Å². The number of imidazole rings is 1. The minimum Gasteiger partial charge on any atom is -0.448 e. The first-order valence-electron chi connectivity index (χ1n) is 6.93. The molecule has 22 heavy (non-hydrogen) atoms. The van der Waals surface area contributed by atoms with E-state index in [1.54, 1.807) is 11.8 Å². The molecule has 0 aromatic carbocycles. The number of carbonyl (C=O) groups is 2. The first-order chi connectivity index (χ1) is 10.6. The van der Waals surface area contributed by atoms with Crippen molar-refractivity contribution >= 4 is 29.9 Å². The van der Waals surface area contributed by atoms with E-state index >= 15 is 0 Å². The van der Waals surface area contributed by atoms with E-state index in [0.717, 1.165) is 17.5 Å². The maximum absolute atomic E-state index is 12.4. The molecule has 0 radical (unpaired) electrons. The van der Waals surface area contributed by atoms with Crippen molar-refractivity contribution in [2.24, 2.45) is 0 Å². The van der Waals surface area contributed by atoms with Crippen LogP contribution in [0.25, 0.3) is 5.65 Å². The van der Waals surface area contributed by atoms with Gasteiger partial charge in [0.25, 0.3) is 5.91 Å². The molecule has 1 saturated heterocycles. The van der Waals surface area contributed by atoms with Gasteiger partial charge in [-0.15, -0.1) is 9.78 Å². The first kappa shape index (κ1) is 14.6. The normalized spacial score (nSPS) is 14.5. The Balaban J connectivity index is 2.02. The van der Waals surface area contributed by atoms with Crippen LogP contribution in [-0.2, 0) is 4.74 Å². The van der Waals surface area contributed by atoms with Crippen molar-refractivity contribution < 1.29 is 14.3 Å². The minimum absolute atomic E-state index is 0.0522. The van der Waals surface area contributed by atoms with Crippen LogP contribution in [0, 0.1) is 4.77 Å². The van der Waals surface area contributed by atoms with Crippen molar-refractivity contribution in [2.45, 2.75) is 19.8 Å². The summed E-state index contributed by atoms with van der Waals surface area (Å²) in [6, 6.07) is 0. The van der Waals surface area contributed by atoms with Crippen LogP contribution in [0.2, 0.25) is 0 Å². The molecule has 0 bridgehead atoms. The Hall–Kier alpha value is -2.36. The lowest BCUT2D eigenvalue weighted by Gasteiger charge is -2.13. The van der Waals surface area contributed by atoms with Crippen molar-refractivity contribution in [1.82, 2.24) is 29.3 Å². The van der Waals surface area contributed by atoms with E-state index in [2.05, 4.69) is 15.3 Å². The molecule has 2 aromatic rings. The van der Waals surface area contributed by atoms with E-state index in [9.17, 15) is 9.59 Å². The predicted molar refractivity (Wildman–Crippen MR) is 77.2 cm³/mol. The van der Waals surface area contributed by atoms with Crippen LogP contribution in [0.5, 0.6) is 0 Å². The topological polar surface area (TPSA) is 94.6 Å². The van der Waals surface area contributed by atoms with Crippen molar-refractivity contribution in [3.63, 3.8) is 0 Å². The molecule has 116 valence electrons. The van der Waals surface area contributed by atoms with Gasteiger partial charge < -0.3 is 9.64 Å². The highest BCUT2D eigenvalue weighted by atomic mass is 32.1. The molecule has 2 aromatic heterocycles. The fourth-order valence-electron chi connectivity index (χ4n) is 2.32. The van der Waals surface area contributed by atoms with Crippen molar-refractivity contribution in [2.75, 3.05) is 19.7 Å². The zero-order chi connectivity index (χ0) is 15.7. The summed E-state index contributed by atoms with van der Waals surface area (Å²) in [4.78, 5) is 29.9. The lowest BCUT2D eigenvalue weighted by atomic mass is 10.4. The van der Waals surface area contributed by atoms with Gasteiger partial charge in [-0.3, -0.25) is 9.20 Å². The average molecular weight is 322 g/mol. The average Bonchev–Trinajstić information content (AvgIpc) is 3.17. The summed E-state index contributed by atoms with van der Waals surface area (Å²) in [6.07, 6.45) is 2.62. The van der Waals surface area contributed by atoms with Crippen LogP contribution >= 0.6 is 12.2 Å². The highest BCUT2D eigenvalue weighted by Gasteiger charge is 2.25. The van der Waals surface area contributed by atoms with Crippen LogP contribution < -0.4 is 0 Å². The summed E-state index contributed by atoms with van der Waals surface area (Å²) in [6.45, 7) is 3.30. The zero-order valence-corrected chi connectivity index (χ0v) is 12.7. The van der Waals surface area contributed by atoms with Crippen LogP contribution in [0.15, 0.2) is 6.33 Å². The Morgan fingerprint density at radius 1 is 1.36 bits per heavy atom. The largest absolute Gasteiger partial charge is 0.448 e. The van der Waals surface area contributed by atoms with Gasteiger partial charge in [-0.2, -0.15) is 0 Å². The van der Waals surface area contributed by atoms with Crippen LogP contribution in [0.1, 0.15) is 30.3 Å². The summed E-state index contributed by atoms with van der Waals surface area (Å²) < 4.78 is 7.13. The monoisotopic (exact) mass is 322 g/mol. The Morgan fingerprint density at radius 2 is 2.09 bits per heavy atom. The standard InChI is InChI=1S/C12H14N6O3S/c1-2-21-12(20)18-11(22)17-7-13-8(9(17)14-15-18)10(19)16-5-3-4-6-16/h7H,2-6H2,1H3. The molecule has 0 aliphatic carbocycles. The molecule has 0 atom stereocenters. The summed E-state index contributed by atoms with van der Waals surface area (Å²) in [5.74, 6) is -0.197. The summed E-state index contributed by atoms with van der Waals surface area (Å²) in [5.41, 5.74) is 0.430. The number of aromatic nitrogens is 5. The molecule has 10 heteroatoms. The second-order valence-electron chi connectivity index (χ2n) is 4.77. The van der Waals surface area contributed by atoms with Gasteiger partial charge in [0, 0.05) is 13.1 Å². The fraction of sp³-hybridized carbons (Fsp3) is 0.500. The minimum atomic E-state index is -0.719. The van der Waals surface area contributed by atoms with Crippen LogP contribution in [-0.4, -0.2) is 61.0 Å². The molecule has 3 heterocycles. The van der Waals surface area contributed by atoms with Gasteiger partial charge in [0.1, 0.15) is 6.33 Å². The molecule has 0 spiro atoms. The lowest BCUT2D eigenvalue weighted by molar-refractivity contribution is 0.0789. The van der Waals surface area contributed by atoms with Crippen molar-refractivity contribution in [3.05, 3.63) is 16.8 Å². The maximum Gasteiger partial charge on any atom is 0.438 e. The molecular formula is C12H14N6O3S. The Kier molecular flexibility index (Phi) is 3.84. The van der Waals surface area contributed by atoms with Gasteiger partial charge in [0.05, 0.1) is 6.61 Å². The molecule has 0 saturated carbocycles. The molecule has 0 unspecified atom stereocenters. The molecule has 9 nitrogen and oxygen atoms in total. The Morgan fingerprint density at radius 3 is 2.77 bits per heavy atom. The Bertz CT molecular complexity index is 792. The molecule has 0 N–H and O–H groups in total. The van der Waals surface area contributed by atoms with E-state index in [-0.39, 0.29) is 28.6 Å². The van der Waals surface area contributed by atoms with E-state index in [4.69, 9.17) is 17.0 Å². The quantitative estimate of drug-likeness (QED) is 0.758. The summed E-state index contributed by atoms with van der Waals surface area (Å²) in [7, 11) is 0. The molecule has 3 rings (SSSR count). The van der Waals surface area contributed by atoms with E-state index < -0.39 is 6.09 Å². The maximum atomic E-state index is 12.4. The number of nitrogens with zero attached hydrogens (tertiary/aromatic N) is 6. The van der Waals surface area contributed by atoms with Gasteiger partial charge in [0.15, 0.2) is 11.3 Å². The van der Waals surface area contributed by atoms with Crippen LogP contribution in [0.4, 0.5) is 4.79 Å². The predicted octanol–water partition coefficient (Wildman–Crippen LogP) is 0.896. The second kappa shape index (κ2) is 5.79. The van der Waals surface area contributed by atoms with Gasteiger partial charge in [0.2, 0.25) is 4.77 Å². The smallest absolute Gasteiger partial charge is 0.438 e. The SMILES string of the molecule is CCOC(=O)n1nnc2c(C(=O)N3CCCC3)ncn2c1=S. The van der Waals surface area contributed by atoms with E-state index in [1.165, 1.54) is 10.7 Å². The molecule has 1 aliphatic rings. The third kappa shape index (κ3) is 2.34. The summed E-state index contributed by atoms with van der Waals surface area (Å²) >= 11 is 5.18. The molecular weight excluding hydrogens is 308 g/mol.